The van der Waals surface area contributed by atoms with Gasteiger partial charge in [0, 0.05) is 0 Å². The van der Waals surface area contributed by atoms with E-state index in [-0.39, 0.29) is 53.9 Å². The van der Waals surface area contributed by atoms with Crippen LogP contribution in [0, 0.1) is 0 Å². The summed E-state index contributed by atoms with van der Waals surface area (Å²) in [5.74, 6) is -1.59. The van der Waals surface area contributed by atoms with Gasteiger partial charge in [0.1, 0.15) is 10.1 Å². The molecule has 0 aliphatic rings. The van der Waals surface area contributed by atoms with E-state index < -0.39 is 27.0 Å². The SMILES string of the molecule is C=CCCCCCCCCCOC(=O)c1ccc(S(=O)(=O)[O-])cc1C(=O)OCCCCCCCCCC=C.[Na+]. The monoisotopic (exact) mass is 572 g/mol. The van der Waals surface area contributed by atoms with Crippen molar-refractivity contribution in [2.75, 3.05) is 13.2 Å². The van der Waals surface area contributed by atoms with Gasteiger partial charge in [-0.25, -0.2) is 18.0 Å². The quantitative estimate of drug-likeness (QED) is 0.0623. The van der Waals surface area contributed by atoms with Gasteiger partial charge >= 0.3 is 41.5 Å². The average Bonchev–Trinajstić information content (AvgIpc) is 2.89. The molecular weight excluding hydrogens is 527 g/mol. The maximum atomic E-state index is 12.7. The first-order valence-corrected chi connectivity index (χ1v) is 15.4. The van der Waals surface area contributed by atoms with Crippen molar-refractivity contribution in [1.29, 1.82) is 0 Å². The molecule has 214 valence electrons. The third-order valence-corrected chi connectivity index (χ3v) is 7.12. The summed E-state index contributed by atoms with van der Waals surface area (Å²) in [4.78, 5) is 24.7. The van der Waals surface area contributed by atoms with Gasteiger partial charge in [-0.1, -0.05) is 76.4 Å². The summed E-state index contributed by atoms with van der Waals surface area (Å²) in [5.41, 5.74) is -0.377. The Balaban J connectivity index is 0.0000144. The normalized spacial score (nSPS) is 10.9. The van der Waals surface area contributed by atoms with Crippen molar-refractivity contribution in [3.05, 3.63) is 54.6 Å². The summed E-state index contributed by atoms with van der Waals surface area (Å²) < 4.78 is 45.0. The number of benzene rings is 1. The number of ether oxygens (including phenoxy) is 2. The van der Waals surface area contributed by atoms with Crippen LogP contribution in [0.1, 0.15) is 123 Å². The van der Waals surface area contributed by atoms with Gasteiger partial charge in [-0.05, 0) is 56.7 Å². The maximum Gasteiger partial charge on any atom is 1.00 e. The molecule has 9 heteroatoms. The van der Waals surface area contributed by atoms with Crippen LogP contribution in [-0.4, -0.2) is 38.1 Å². The number of unbranched alkanes of at least 4 members (excludes halogenated alkanes) is 14. The first-order valence-electron chi connectivity index (χ1n) is 14.0. The standard InChI is InChI=1S/C30H46O7S.Na/c1-3-5-7-9-11-13-15-17-19-23-36-29(31)27-22-21-26(38(33,34)35)25-28(27)30(32)37-24-20-18-16-14-12-10-8-6-4-2;/h3-4,21-22,25H,1-2,5-20,23-24H2,(H,33,34,35);/q;+1/p-1. The molecule has 0 N–H and O–H groups in total. The molecule has 0 saturated carbocycles. The Morgan fingerprint density at radius 3 is 1.46 bits per heavy atom. The second kappa shape index (κ2) is 23.3. The molecule has 1 rings (SSSR count). The van der Waals surface area contributed by atoms with Gasteiger partial charge in [-0.15, -0.1) is 13.2 Å². The summed E-state index contributed by atoms with van der Waals surface area (Å²) in [6.07, 6.45) is 20.4. The third kappa shape index (κ3) is 17.8. The molecular formula is C30H45NaO7S. The van der Waals surface area contributed by atoms with E-state index in [0.717, 1.165) is 88.8 Å². The van der Waals surface area contributed by atoms with Crippen molar-refractivity contribution in [3.8, 4) is 0 Å². The zero-order valence-corrected chi connectivity index (χ0v) is 26.6. The second-order valence-electron chi connectivity index (χ2n) is 9.54. The van der Waals surface area contributed by atoms with Crippen LogP contribution < -0.4 is 29.6 Å². The number of esters is 2. The minimum atomic E-state index is -4.80. The summed E-state index contributed by atoms with van der Waals surface area (Å²) in [5, 5.41) is 0. The van der Waals surface area contributed by atoms with E-state index in [1.54, 1.807) is 0 Å². The van der Waals surface area contributed by atoms with Gasteiger partial charge in [0.2, 0.25) is 0 Å². The smallest absolute Gasteiger partial charge is 0.744 e. The van der Waals surface area contributed by atoms with Gasteiger partial charge in [0.05, 0.1) is 29.2 Å². The molecule has 1 aromatic rings. The van der Waals surface area contributed by atoms with Crippen molar-refractivity contribution < 1.29 is 61.6 Å². The third-order valence-electron chi connectivity index (χ3n) is 6.29. The van der Waals surface area contributed by atoms with E-state index in [9.17, 15) is 22.6 Å². The van der Waals surface area contributed by atoms with Crippen molar-refractivity contribution in [3.63, 3.8) is 0 Å². The maximum absolute atomic E-state index is 12.7. The molecule has 0 bridgehead atoms. The molecule has 0 aliphatic carbocycles. The van der Waals surface area contributed by atoms with Crippen molar-refractivity contribution in [1.82, 2.24) is 0 Å². The average molecular weight is 573 g/mol. The number of hydrogen-bond donors (Lipinski definition) is 0. The molecule has 0 saturated heterocycles. The minimum absolute atomic E-state index is 0. The fourth-order valence-corrected chi connectivity index (χ4v) is 4.56. The minimum Gasteiger partial charge on any atom is -0.744 e. The Morgan fingerprint density at radius 2 is 1.05 bits per heavy atom. The molecule has 0 radical (unpaired) electrons. The van der Waals surface area contributed by atoms with Gasteiger partial charge in [0.15, 0.2) is 0 Å². The fraction of sp³-hybridized carbons (Fsp3) is 0.600. The largest absolute Gasteiger partial charge is 1.00 e. The Morgan fingerprint density at radius 1 is 0.667 bits per heavy atom. The number of carbonyl (C=O) groups is 2. The van der Waals surface area contributed by atoms with E-state index in [0.29, 0.717) is 12.8 Å². The predicted molar refractivity (Wildman–Crippen MR) is 149 cm³/mol. The van der Waals surface area contributed by atoms with Crippen LogP contribution in [0.5, 0.6) is 0 Å². The second-order valence-corrected chi connectivity index (χ2v) is 10.9. The van der Waals surface area contributed by atoms with Crippen molar-refractivity contribution in [2.24, 2.45) is 0 Å². The Labute approximate surface area is 257 Å². The Bertz CT molecular complexity index is 960. The Hall–Kier alpha value is -1.45. The van der Waals surface area contributed by atoms with Crippen LogP contribution in [-0.2, 0) is 19.6 Å². The first-order chi connectivity index (χ1) is 18.3. The number of hydrogen-bond acceptors (Lipinski definition) is 7. The van der Waals surface area contributed by atoms with Crippen LogP contribution in [0.25, 0.3) is 0 Å². The fourth-order valence-electron chi connectivity index (χ4n) is 4.06. The summed E-state index contributed by atoms with van der Waals surface area (Å²) in [6.45, 7) is 7.77. The molecule has 0 fully saturated rings. The molecule has 0 aromatic heterocycles. The Kier molecular flexibility index (Phi) is 22.4. The zero-order chi connectivity index (χ0) is 28.1. The summed E-state index contributed by atoms with van der Waals surface area (Å²) in [7, 11) is -4.80. The van der Waals surface area contributed by atoms with Crippen LogP contribution in [0.4, 0.5) is 0 Å². The molecule has 0 unspecified atom stereocenters. The van der Waals surface area contributed by atoms with Crippen LogP contribution in [0.2, 0.25) is 0 Å². The molecule has 1 aromatic carbocycles. The van der Waals surface area contributed by atoms with E-state index in [2.05, 4.69) is 13.2 Å². The van der Waals surface area contributed by atoms with E-state index in [4.69, 9.17) is 9.47 Å². The van der Waals surface area contributed by atoms with Crippen LogP contribution in [0.3, 0.4) is 0 Å². The van der Waals surface area contributed by atoms with Crippen molar-refractivity contribution in [2.45, 2.75) is 108 Å². The van der Waals surface area contributed by atoms with E-state index in [1.807, 2.05) is 12.2 Å². The van der Waals surface area contributed by atoms with Gasteiger partial charge < -0.3 is 14.0 Å². The van der Waals surface area contributed by atoms with Crippen LogP contribution >= 0.6 is 0 Å². The van der Waals surface area contributed by atoms with Gasteiger partial charge in [-0.2, -0.15) is 0 Å². The molecule has 0 aliphatic heterocycles. The molecule has 0 amide bonds. The van der Waals surface area contributed by atoms with E-state index in [1.165, 1.54) is 19.3 Å². The molecule has 0 atom stereocenters. The number of rotatable bonds is 23. The topological polar surface area (TPSA) is 110 Å². The summed E-state index contributed by atoms with van der Waals surface area (Å²) >= 11 is 0. The number of allylic oxidation sites excluding steroid dienone is 2. The van der Waals surface area contributed by atoms with Crippen LogP contribution in [0.15, 0.2) is 48.4 Å². The zero-order valence-electron chi connectivity index (χ0n) is 23.8. The predicted octanol–water partition coefficient (Wildman–Crippen LogP) is 4.52. The molecule has 0 heterocycles. The molecule has 7 nitrogen and oxygen atoms in total. The van der Waals surface area contributed by atoms with Crippen molar-refractivity contribution >= 4 is 22.1 Å². The van der Waals surface area contributed by atoms with Gasteiger partial charge in [-0.3, -0.25) is 0 Å². The molecule has 39 heavy (non-hydrogen) atoms. The van der Waals surface area contributed by atoms with Gasteiger partial charge in [0.25, 0.3) is 0 Å². The first kappa shape index (κ1) is 37.6. The van der Waals surface area contributed by atoms with E-state index >= 15 is 0 Å². The number of carbonyl (C=O) groups excluding carboxylic acids is 2. The molecule has 0 spiro atoms. The summed E-state index contributed by atoms with van der Waals surface area (Å²) in [6, 6.07) is 3.05.